The number of nitrogens with one attached hydrogen (secondary N) is 2. The lowest BCUT2D eigenvalue weighted by atomic mass is 10.1. The van der Waals surface area contributed by atoms with Crippen molar-refractivity contribution >= 4 is 17.5 Å². The lowest BCUT2D eigenvalue weighted by Crippen LogP contribution is -2.40. The molecule has 2 N–H and O–H groups in total. The third kappa shape index (κ3) is 3.53. The molecule has 1 atom stereocenters. The number of hydrogen-bond donors (Lipinski definition) is 2. The molecule has 1 aliphatic heterocycles. The smallest absolute Gasteiger partial charge is 0.267 e. The van der Waals surface area contributed by atoms with Crippen molar-refractivity contribution in [2.45, 2.75) is 32.2 Å². The van der Waals surface area contributed by atoms with E-state index in [1.807, 2.05) is 6.92 Å². The van der Waals surface area contributed by atoms with Gasteiger partial charge in [0.2, 0.25) is 5.91 Å². The second kappa shape index (κ2) is 5.29. The molecule has 1 heterocycles. The van der Waals surface area contributed by atoms with Crippen LogP contribution in [0.1, 0.15) is 26.2 Å². The van der Waals surface area contributed by atoms with Crippen molar-refractivity contribution in [1.29, 1.82) is 0 Å². The molecule has 15 heavy (non-hydrogen) atoms. The van der Waals surface area contributed by atoms with Crippen molar-refractivity contribution in [3.8, 4) is 0 Å². The molecule has 0 aromatic rings. The van der Waals surface area contributed by atoms with E-state index in [2.05, 4.69) is 22.4 Å². The molecule has 1 rings (SSSR count). The molecule has 0 bridgehead atoms. The Hall–Kier alpha value is -1.65. The van der Waals surface area contributed by atoms with Gasteiger partial charge in [-0.2, -0.15) is 5.10 Å². The van der Waals surface area contributed by atoms with E-state index >= 15 is 0 Å². The summed E-state index contributed by atoms with van der Waals surface area (Å²) in [7, 11) is 0. The van der Waals surface area contributed by atoms with Crippen molar-refractivity contribution in [3.05, 3.63) is 12.7 Å². The highest BCUT2D eigenvalue weighted by atomic mass is 16.2. The molecule has 2 amide bonds. The van der Waals surface area contributed by atoms with Crippen LogP contribution in [-0.2, 0) is 9.59 Å². The van der Waals surface area contributed by atoms with E-state index in [0.29, 0.717) is 25.0 Å². The van der Waals surface area contributed by atoms with E-state index in [-0.39, 0.29) is 17.9 Å². The zero-order chi connectivity index (χ0) is 11.3. The molecule has 1 unspecified atom stereocenters. The van der Waals surface area contributed by atoms with Gasteiger partial charge in [-0.1, -0.05) is 6.08 Å². The van der Waals surface area contributed by atoms with Crippen molar-refractivity contribution in [2.75, 3.05) is 0 Å². The third-order valence-electron chi connectivity index (χ3n) is 2.06. The molecule has 0 spiro atoms. The first-order valence-corrected chi connectivity index (χ1v) is 4.90. The fourth-order valence-corrected chi connectivity index (χ4v) is 1.25. The lowest BCUT2D eigenvalue weighted by molar-refractivity contribution is -0.121. The molecule has 5 heteroatoms. The van der Waals surface area contributed by atoms with E-state index in [1.54, 1.807) is 6.08 Å². The van der Waals surface area contributed by atoms with Gasteiger partial charge in [-0.05, 0) is 13.3 Å². The Morgan fingerprint density at radius 2 is 2.47 bits per heavy atom. The molecule has 0 saturated heterocycles. The fraction of sp³-hybridized carbons (Fsp3) is 0.500. The Kier molecular flexibility index (Phi) is 4.03. The average Bonchev–Trinajstić information content (AvgIpc) is 2.18. The van der Waals surface area contributed by atoms with Crippen molar-refractivity contribution < 1.29 is 9.59 Å². The van der Waals surface area contributed by atoms with Gasteiger partial charge in [-0.25, -0.2) is 5.43 Å². The number of nitrogens with zero attached hydrogens (tertiary/aromatic N) is 1. The highest BCUT2D eigenvalue weighted by Gasteiger charge is 2.18. The van der Waals surface area contributed by atoms with Gasteiger partial charge in [0, 0.05) is 18.9 Å². The van der Waals surface area contributed by atoms with Crippen LogP contribution in [0.2, 0.25) is 0 Å². The van der Waals surface area contributed by atoms with Crippen LogP contribution in [0.3, 0.4) is 0 Å². The summed E-state index contributed by atoms with van der Waals surface area (Å²) in [5.74, 6) is -0.366. The molecular weight excluding hydrogens is 194 g/mol. The first-order valence-electron chi connectivity index (χ1n) is 4.90. The fourth-order valence-electron chi connectivity index (χ4n) is 1.25. The number of carbonyl (C=O) groups is 2. The summed E-state index contributed by atoms with van der Waals surface area (Å²) in [5, 5.41) is 6.48. The standard InChI is InChI=1S/C10H15N3O2/c1-3-4-7(2)11-10(15)8-5-6-9(14)13-12-8/h3,7H,1,4-6H2,2H3,(H,11,15)(H,13,14). The van der Waals surface area contributed by atoms with Gasteiger partial charge in [0.1, 0.15) is 5.71 Å². The van der Waals surface area contributed by atoms with E-state index in [4.69, 9.17) is 0 Å². The number of carbonyl (C=O) groups excluding carboxylic acids is 2. The summed E-state index contributed by atoms with van der Waals surface area (Å²) in [6.45, 7) is 5.48. The molecule has 0 aromatic heterocycles. The molecule has 82 valence electrons. The predicted molar refractivity (Wildman–Crippen MR) is 57.2 cm³/mol. The van der Waals surface area contributed by atoms with E-state index in [9.17, 15) is 9.59 Å². The number of hydrogen-bond acceptors (Lipinski definition) is 3. The predicted octanol–water partition coefficient (Wildman–Crippen LogP) is 0.333. The van der Waals surface area contributed by atoms with E-state index in [1.165, 1.54) is 0 Å². The third-order valence-corrected chi connectivity index (χ3v) is 2.06. The van der Waals surface area contributed by atoms with Crippen LogP contribution in [-0.4, -0.2) is 23.6 Å². The van der Waals surface area contributed by atoms with E-state index < -0.39 is 0 Å². The molecule has 0 saturated carbocycles. The first-order chi connectivity index (χ1) is 7.13. The Labute approximate surface area is 88.6 Å². The van der Waals surface area contributed by atoms with Gasteiger partial charge in [0.15, 0.2) is 0 Å². The monoisotopic (exact) mass is 209 g/mol. The Balaban J connectivity index is 2.47. The van der Waals surface area contributed by atoms with Crippen LogP contribution in [0.15, 0.2) is 17.8 Å². The zero-order valence-corrected chi connectivity index (χ0v) is 8.75. The van der Waals surface area contributed by atoms with Gasteiger partial charge in [0.05, 0.1) is 0 Å². The molecule has 0 aromatic carbocycles. The van der Waals surface area contributed by atoms with Crippen molar-refractivity contribution in [1.82, 2.24) is 10.7 Å². The molecule has 1 aliphatic rings. The first kappa shape index (κ1) is 11.4. The van der Waals surface area contributed by atoms with Crippen LogP contribution >= 0.6 is 0 Å². The Morgan fingerprint density at radius 1 is 1.73 bits per heavy atom. The van der Waals surface area contributed by atoms with Gasteiger partial charge < -0.3 is 5.32 Å². The minimum Gasteiger partial charge on any atom is -0.348 e. The van der Waals surface area contributed by atoms with Crippen LogP contribution in [0.4, 0.5) is 0 Å². The number of rotatable bonds is 4. The second-order valence-corrected chi connectivity index (χ2v) is 3.49. The largest absolute Gasteiger partial charge is 0.348 e. The maximum absolute atomic E-state index is 11.6. The summed E-state index contributed by atoms with van der Waals surface area (Å²) < 4.78 is 0. The Morgan fingerprint density at radius 3 is 3.00 bits per heavy atom. The van der Waals surface area contributed by atoms with Gasteiger partial charge >= 0.3 is 0 Å². The lowest BCUT2D eigenvalue weighted by Gasteiger charge is -2.15. The maximum Gasteiger partial charge on any atom is 0.267 e. The topological polar surface area (TPSA) is 70.6 Å². The molecule has 0 aliphatic carbocycles. The molecular formula is C10H15N3O2. The second-order valence-electron chi connectivity index (χ2n) is 3.49. The van der Waals surface area contributed by atoms with Gasteiger partial charge in [0.25, 0.3) is 5.91 Å². The van der Waals surface area contributed by atoms with Crippen LogP contribution in [0.25, 0.3) is 0 Å². The number of amides is 2. The molecule has 0 radical (unpaired) electrons. The van der Waals surface area contributed by atoms with Crippen LogP contribution in [0, 0.1) is 0 Å². The average molecular weight is 209 g/mol. The summed E-state index contributed by atoms with van der Waals surface area (Å²) >= 11 is 0. The quantitative estimate of drug-likeness (QED) is 0.655. The normalized spacial score (nSPS) is 17.4. The number of hydrazone groups is 1. The minimum atomic E-state index is -0.218. The summed E-state index contributed by atoms with van der Waals surface area (Å²) in [6, 6.07) is 0.0373. The summed E-state index contributed by atoms with van der Waals surface area (Å²) in [6.07, 6.45) is 3.18. The Bertz CT molecular complexity index is 310. The van der Waals surface area contributed by atoms with E-state index in [0.717, 1.165) is 0 Å². The van der Waals surface area contributed by atoms with Gasteiger partial charge in [-0.3, -0.25) is 9.59 Å². The van der Waals surface area contributed by atoms with Crippen LogP contribution < -0.4 is 10.7 Å². The molecule has 0 fully saturated rings. The van der Waals surface area contributed by atoms with Crippen molar-refractivity contribution in [3.63, 3.8) is 0 Å². The maximum atomic E-state index is 11.6. The highest BCUT2D eigenvalue weighted by molar-refractivity contribution is 6.39. The minimum absolute atomic E-state index is 0.0373. The van der Waals surface area contributed by atoms with Crippen LogP contribution in [0.5, 0.6) is 0 Å². The summed E-state index contributed by atoms with van der Waals surface area (Å²) in [5.41, 5.74) is 2.67. The summed E-state index contributed by atoms with van der Waals surface area (Å²) in [4.78, 5) is 22.4. The SMILES string of the molecule is C=CCC(C)NC(=O)C1=NNC(=O)CC1. The highest BCUT2D eigenvalue weighted by Crippen LogP contribution is 2.00. The molecule has 5 nitrogen and oxygen atoms in total. The van der Waals surface area contributed by atoms with Crippen molar-refractivity contribution in [2.24, 2.45) is 5.10 Å². The van der Waals surface area contributed by atoms with Gasteiger partial charge in [-0.15, -0.1) is 6.58 Å². The zero-order valence-electron chi connectivity index (χ0n) is 8.75.